The summed E-state index contributed by atoms with van der Waals surface area (Å²) in [5.74, 6) is -0.859. The minimum absolute atomic E-state index is 0.206. The Morgan fingerprint density at radius 2 is 2.11 bits per heavy atom. The number of hydrogen-bond donors (Lipinski definition) is 5. The molecule has 0 amide bonds. The predicted octanol–water partition coefficient (Wildman–Crippen LogP) is -2.24. The summed E-state index contributed by atoms with van der Waals surface area (Å²) in [6, 6.07) is -0.956. The molecule has 12 nitrogen and oxygen atoms in total. The molecule has 0 unspecified atom stereocenters. The van der Waals surface area contributed by atoms with Gasteiger partial charge in [0.25, 0.3) is 0 Å². The maximum Gasteiger partial charge on any atom is 0.320 e. The monoisotopic (exact) mass is 381 g/mol. The van der Waals surface area contributed by atoms with Crippen LogP contribution in [0.1, 0.15) is 12.6 Å². The molecule has 0 aliphatic carbocycles. The number of aromatic nitrogens is 4. The second-order valence-electron chi connectivity index (χ2n) is 6.62. The molecule has 1 aliphatic rings. The number of imidazole rings is 1. The van der Waals surface area contributed by atoms with Gasteiger partial charge in [-0.2, -0.15) is 0 Å². The lowest BCUT2D eigenvalue weighted by Gasteiger charge is -2.23. The molecule has 2 aromatic rings. The van der Waals surface area contributed by atoms with Crippen LogP contribution in [0.4, 0.5) is 5.82 Å². The van der Waals surface area contributed by atoms with Crippen LogP contribution in [0.5, 0.6) is 0 Å². The topological polar surface area (TPSA) is 186 Å². The highest BCUT2D eigenvalue weighted by molar-refractivity contribution is 5.81. The first-order chi connectivity index (χ1) is 12.8. The summed E-state index contributed by atoms with van der Waals surface area (Å²) < 4.78 is 7.34. The van der Waals surface area contributed by atoms with Crippen LogP contribution < -0.4 is 11.5 Å². The maximum absolute atomic E-state index is 10.8. The van der Waals surface area contributed by atoms with Crippen LogP contribution >= 0.6 is 0 Å². The van der Waals surface area contributed by atoms with Crippen molar-refractivity contribution >= 4 is 23.0 Å². The highest BCUT2D eigenvalue weighted by Crippen LogP contribution is 2.32. The fraction of sp³-hybridized carbons (Fsp3) is 0.600. The van der Waals surface area contributed by atoms with Crippen LogP contribution in [0, 0.1) is 0 Å². The van der Waals surface area contributed by atoms with Crippen molar-refractivity contribution in [1.82, 2.24) is 24.4 Å². The third kappa shape index (κ3) is 3.84. The van der Waals surface area contributed by atoms with Gasteiger partial charge in [-0.25, -0.2) is 15.0 Å². The first-order valence-corrected chi connectivity index (χ1v) is 8.41. The normalized spacial score (nSPS) is 26.7. The van der Waals surface area contributed by atoms with Gasteiger partial charge in [0.05, 0.1) is 6.33 Å². The Labute approximate surface area is 154 Å². The van der Waals surface area contributed by atoms with Crippen LogP contribution in [-0.4, -0.2) is 90.2 Å². The zero-order chi connectivity index (χ0) is 19.7. The smallest absolute Gasteiger partial charge is 0.320 e. The molecule has 0 aromatic carbocycles. The molecule has 0 spiro atoms. The molecule has 7 N–H and O–H groups in total. The van der Waals surface area contributed by atoms with Crippen molar-refractivity contribution in [1.29, 1.82) is 0 Å². The summed E-state index contributed by atoms with van der Waals surface area (Å²) in [6.45, 7) is 0.684. The van der Waals surface area contributed by atoms with Crippen LogP contribution in [0.3, 0.4) is 0 Å². The van der Waals surface area contributed by atoms with E-state index in [4.69, 9.17) is 21.3 Å². The Morgan fingerprint density at radius 1 is 1.37 bits per heavy atom. The Morgan fingerprint density at radius 3 is 2.81 bits per heavy atom. The zero-order valence-electron chi connectivity index (χ0n) is 14.7. The molecule has 148 valence electrons. The molecule has 3 heterocycles. The predicted molar refractivity (Wildman–Crippen MR) is 93.4 cm³/mol. The van der Waals surface area contributed by atoms with Crippen molar-refractivity contribution in [2.75, 3.05) is 25.9 Å². The maximum atomic E-state index is 10.8. The highest BCUT2D eigenvalue weighted by Gasteiger charge is 2.44. The molecule has 1 fully saturated rings. The Hall–Kier alpha value is -2.38. The van der Waals surface area contributed by atoms with E-state index in [0.29, 0.717) is 17.7 Å². The lowest BCUT2D eigenvalue weighted by molar-refractivity contribution is -0.138. The van der Waals surface area contributed by atoms with Gasteiger partial charge in [0.15, 0.2) is 17.7 Å². The third-order valence-electron chi connectivity index (χ3n) is 4.63. The number of carboxylic acids is 1. The number of aliphatic carboxylic acids is 1. The van der Waals surface area contributed by atoms with Crippen molar-refractivity contribution in [2.24, 2.45) is 5.73 Å². The molecule has 5 atom stereocenters. The van der Waals surface area contributed by atoms with E-state index >= 15 is 0 Å². The average Bonchev–Trinajstić information content (AvgIpc) is 3.17. The first kappa shape index (κ1) is 19.4. The number of anilines is 1. The number of ether oxygens (including phenoxy) is 1. The lowest BCUT2D eigenvalue weighted by Crippen LogP contribution is -2.40. The molecule has 3 rings (SSSR count). The molecule has 2 aromatic heterocycles. The van der Waals surface area contributed by atoms with Gasteiger partial charge in [0, 0.05) is 6.54 Å². The number of nitrogens with zero attached hydrogens (tertiary/aromatic N) is 5. The van der Waals surface area contributed by atoms with Crippen molar-refractivity contribution in [3.05, 3.63) is 12.7 Å². The average molecular weight is 381 g/mol. The number of nitrogen functional groups attached to an aromatic ring is 1. The molecule has 1 aliphatic heterocycles. The number of aliphatic hydroxyl groups excluding tert-OH is 2. The largest absolute Gasteiger partial charge is 0.480 e. The zero-order valence-corrected chi connectivity index (χ0v) is 14.7. The number of nitrogens with two attached hydrogens (primary N) is 2. The highest BCUT2D eigenvalue weighted by atomic mass is 16.6. The molecule has 27 heavy (non-hydrogen) atoms. The number of fused-ring (bicyclic) bond motifs is 1. The van der Waals surface area contributed by atoms with Gasteiger partial charge < -0.3 is 36.4 Å². The fourth-order valence-corrected chi connectivity index (χ4v) is 3.05. The fourth-order valence-electron chi connectivity index (χ4n) is 3.05. The summed E-state index contributed by atoms with van der Waals surface area (Å²) in [7, 11) is 1.75. The van der Waals surface area contributed by atoms with E-state index in [2.05, 4.69) is 15.0 Å². The van der Waals surface area contributed by atoms with Gasteiger partial charge in [-0.3, -0.25) is 9.36 Å². The lowest BCUT2D eigenvalue weighted by atomic mass is 10.1. The summed E-state index contributed by atoms with van der Waals surface area (Å²) in [4.78, 5) is 24.7. The number of carbonyl (C=O) groups is 1. The number of rotatable bonds is 7. The van der Waals surface area contributed by atoms with Crippen LogP contribution in [-0.2, 0) is 9.53 Å². The van der Waals surface area contributed by atoms with E-state index in [1.165, 1.54) is 17.2 Å². The molecule has 0 saturated carbocycles. The Balaban J connectivity index is 1.68. The third-order valence-corrected chi connectivity index (χ3v) is 4.63. The number of likely N-dealkylation sites (N-methyl/N-ethyl adjacent to an activating group) is 1. The second-order valence-corrected chi connectivity index (χ2v) is 6.62. The van der Waals surface area contributed by atoms with E-state index < -0.39 is 36.6 Å². The number of carboxylic acid groups (broad SMARTS) is 1. The summed E-state index contributed by atoms with van der Waals surface area (Å²) in [5.41, 5.74) is 12.0. The molecular weight excluding hydrogens is 358 g/mol. The Kier molecular flexibility index (Phi) is 5.53. The standard InChI is InChI=1S/C15H23N7O5/c1-21(3-2-7(16)15(25)26)4-8-10(23)11(24)14(27-8)22-6-20-9-12(17)18-5-19-13(9)22/h5-8,10-11,14,23-24H,2-4,16H2,1H3,(H,25,26)(H2,17,18,19)/t7-,8-,10-,11-,14-/m0/s1. The van der Waals surface area contributed by atoms with Crippen LogP contribution in [0.2, 0.25) is 0 Å². The van der Waals surface area contributed by atoms with E-state index in [9.17, 15) is 15.0 Å². The van der Waals surface area contributed by atoms with Crippen molar-refractivity contribution in [2.45, 2.75) is 37.0 Å². The van der Waals surface area contributed by atoms with Crippen molar-refractivity contribution < 1.29 is 24.9 Å². The summed E-state index contributed by atoms with van der Waals surface area (Å²) in [6.07, 6.45) is -0.950. The first-order valence-electron chi connectivity index (χ1n) is 8.41. The van der Waals surface area contributed by atoms with Crippen LogP contribution in [0.15, 0.2) is 12.7 Å². The van der Waals surface area contributed by atoms with E-state index in [-0.39, 0.29) is 18.8 Å². The number of hydrogen-bond acceptors (Lipinski definition) is 10. The van der Waals surface area contributed by atoms with Gasteiger partial charge in [-0.1, -0.05) is 0 Å². The Bertz CT molecular complexity index is 815. The SMILES string of the molecule is CN(CC[C@H](N)C(=O)O)C[C@@H]1O[C@H](n2cnc3c(N)ncnc32)[C@@H](O)[C@H]1O. The van der Waals surface area contributed by atoms with Gasteiger partial charge in [0.2, 0.25) is 0 Å². The van der Waals surface area contributed by atoms with E-state index in [1.54, 1.807) is 11.9 Å². The minimum atomic E-state index is -1.20. The summed E-state index contributed by atoms with van der Waals surface area (Å²) >= 11 is 0. The molecule has 1 saturated heterocycles. The van der Waals surface area contributed by atoms with Gasteiger partial charge >= 0.3 is 5.97 Å². The molecule has 0 radical (unpaired) electrons. The van der Waals surface area contributed by atoms with Crippen molar-refractivity contribution in [3.8, 4) is 0 Å². The van der Waals surface area contributed by atoms with E-state index in [1.807, 2.05) is 0 Å². The van der Waals surface area contributed by atoms with E-state index in [0.717, 1.165) is 0 Å². The second kappa shape index (κ2) is 7.70. The van der Waals surface area contributed by atoms with Crippen LogP contribution in [0.25, 0.3) is 11.2 Å². The molecule has 12 heteroatoms. The quantitative estimate of drug-likeness (QED) is 0.349. The van der Waals surface area contributed by atoms with Crippen molar-refractivity contribution in [3.63, 3.8) is 0 Å². The number of aliphatic hydroxyl groups is 2. The van der Waals surface area contributed by atoms with Gasteiger partial charge in [-0.15, -0.1) is 0 Å². The molecule has 0 bridgehead atoms. The van der Waals surface area contributed by atoms with Gasteiger partial charge in [-0.05, 0) is 20.0 Å². The van der Waals surface area contributed by atoms with Gasteiger partial charge in [0.1, 0.15) is 36.2 Å². The minimum Gasteiger partial charge on any atom is -0.480 e. The summed E-state index contributed by atoms with van der Waals surface area (Å²) in [5, 5.41) is 29.6. The molecular formula is C15H23N7O5.